The molecule has 0 aliphatic carbocycles. The fourth-order valence-corrected chi connectivity index (χ4v) is 2.51. The Labute approximate surface area is 135 Å². The second kappa shape index (κ2) is 6.77. The molecule has 2 heterocycles. The van der Waals surface area contributed by atoms with Crippen LogP contribution in [0.25, 0.3) is 0 Å². The van der Waals surface area contributed by atoms with Gasteiger partial charge in [-0.25, -0.2) is 0 Å². The van der Waals surface area contributed by atoms with Gasteiger partial charge in [0.1, 0.15) is 0 Å². The molecular formula is C16H18ClN3O2. The third-order valence-corrected chi connectivity index (χ3v) is 3.71. The van der Waals surface area contributed by atoms with Gasteiger partial charge < -0.3 is 14.8 Å². The zero-order valence-corrected chi connectivity index (χ0v) is 13.1. The van der Waals surface area contributed by atoms with Crippen molar-refractivity contribution < 1.29 is 4.79 Å². The number of rotatable bonds is 1. The lowest BCUT2D eigenvalue weighted by Gasteiger charge is -2.22. The van der Waals surface area contributed by atoms with Crippen molar-refractivity contribution in [2.24, 2.45) is 7.05 Å². The molecule has 0 unspecified atom stereocenters. The minimum Gasteiger partial charge on any atom is -0.319 e. The first kappa shape index (κ1) is 16.3. The Kier molecular flexibility index (Phi) is 5.00. The van der Waals surface area contributed by atoms with Crippen molar-refractivity contribution in [3.63, 3.8) is 0 Å². The van der Waals surface area contributed by atoms with E-state index in [0.29, 0.717) is 12.1 Å². The van der Waals surface area contributed by atoms with Gasteiger partial charge in [0.25, 0.3) is 11.5 Å². The van der Waals surface area contributed by atoms with E-state index in [1.54, 1.807) is 24.2 Å². The van der Waals surface area contributed by atoms with E-state index >= 15 is 0 Å². The summed E-state index contributed by atoms with van der Waals surface area (Å²) in [6.45, 7) is 2.06. The first-order chi connectivity index (χ1) is 10.2. The van der Waals surface area contributed by atoms with Crippen molar-refractivity contribution in [3.05, 3.63) is 64.1 Å². The van der Waals surface area contributed by atoms with Gasteiger partial charge in [-0.05, 0) is 17.7 Å². The average molecular weight is 320 g/mol. The number of aromatic nitrogens is 1. The number of amides is 1. The number of carbonyl (C=O) groups is 1. The van der Waals surface area contributed by atoms with E-state index in [1.807, 2.05) is 24.3 Å². The molecule has 3 rings (SSSR count). The van der Waals surface area contributed by atoms with Crippen LogP contribution in [0.4, 0.5) is 5.69 Å². The molecule has 0 spiro atoms. The molecule has 0 bridgehead atoms. The Morgan fingerprint density at radius 2 is 2.00 bits per heavy atom. The Bertz CT molecular complexity index is 742. The molecule has 0 fully saturated rings. The summed E-state index contributed by atoms with van der Waals surface area (Å²) in [4.78, 5) is 26.2. The summed E-state index contributed by atoms with van der Waals surface area (Å²) in [7, 11) is 1.67. The van der Waals surface area contributed by atoms with Gasteiger partial charge in [0.15, 0.2) is 0 Å². The Balaban J connectivity index is 0.00000176. The maximum atomic E-state index is 12.7. The first-order valence-corrected chi connectivity index (χ1v) is 6.94. The number of halogens is 1. The number of anilines is 1. The maximum absolute atomic E-state index is 12.7. The summed E-state index contributed by atoms with van der Waals surface area (Å²) in [5, 5.41) is 3.30. The zero-order chi connectivity index (χ0) is 14.8. The highest BCUT2D eigenvalue weighted by Crippen LogP contribution is 2.23. The molecule has 5 nitrogen and oxygen atoms in total. The topological polar surface area (TPSA) is 54.3 Å². The van der Waals surface area contributed by atoms with E-state index in [-0.39, 0.29) is 23.9 Å². The molecule has 0 saturated carbocycles. The quantitative estimate of drug-likeness (QED) is 0.868. The van der Waals surface area contributed by atoms with E-state index in [2.05, 4.69) is 5.32 Å². The van der Waals surface area contributed by atoms with Gasteiger partial charge in [0.05, 0.1) is 0 Å². The van der Waals surface area contributed by atoms with Crippen molar-refractivity contribution in [1.82, 2.24) is 9.88 Å². The van der Waals surface area contributed by atoms with Gasteiger partial charge in [-0.15, -0.1) is 12.4 Å². The van der Waals surface area contributed by atoms with Crippen LogP contribution in [0.5, 0.6) is 0 Å². The van der Waals surface area contributed by atoms with Gasteiger partial charge in [0.2, 0.25) is 0 Å². The van der Waals surface area contributed by atoms with Gasteiger partial charge in [0, 0.05) is 50.2 Å². The molecule has 1 aromatic heterocycles. The number of pyridine rings is 1. The van der Waals surface area contributed by atoms with Crippen molar-refractivity contribution in [2.75, 3.05) is 18.0 Å². The van der Waals surface area contributed by atoms with Crippen LogP contribution >= 0.6 is 12.4 Å². The van der Waals surface area contributed by atoms with Crippen molar-refractivity contribution in [2.45, 2.75) is 6.54 Å². The van der Waals surface area contributed by atoms with E-state index in [1.165, 1.54) is 10.6 Å². The number of fused-ring (bicyclic) bond motifs is 1. The van der Waals surface area contributed by atoms with E-state index in [9.17, 15) is 9.59 Å². The van der Waals surface area contributed by atoms with Crippen LogP contribution in [-0.4, -0.2) is 23.6 Å². The molecule has 0 atom stereocenters. The van der Waals surface area contributed by atoms with Crippen LogP contribution in [0.15, 0.2) is 47.4 Å². The summed E-state index contributed by atoms with van der Waals surface area (Å²) >= 11 is 0. The van der Waals surface area contributed by atoms with Crippen molar-refractivity contribution in [1.29, 1.82) is 0 Å². The number of hydrogen-bond donors (Lipinski definition) is 1. The molecular weight excluding hydrogens is 302 g/mol. The number of para-hydroxylation sites is 1. The number of nitrogens with zero attached hydrogens (tertiary/aromatic N) is 2. The average Bonchev–Trinajstić information content (AvgIpc) is 2.71. The molecule has 22 heavy (non-hydrogen) atoms. The zero-order valence-electron chi connectivity index (χ0n) is 12.3. The summed E-state index contributed by atoms with van der Waals surface area (Å²) in [6, 6.07) is 10.9. The Morgan fingerprint density at radius 1 is 1.23 bits per heavy atom. The monoisotopic (exact) mass is 319 g/mol. The lowest BCUT2D eigenvalue weighted by Crippen LogP contribution is -2.35. The summed E-state index contributed by atoms with van der Waals surface area (Å²) in [6.07, 6.45) is 1.62. The minimum absolute atomic E-state index is 0. The largest absolute Gasteiger partial charge is 0.319 e. The van der Waals surface area contributed by atoms with E-state index in [4.69, 9.17) is 0 Å². The summed E-state index contributed by atoms with van der Waals surface area (Å²) < 4.78 is 1.45. The second-order valence-electron chi connectivity index (χ2n) is 5.13. The molecule has 2 aromatic rings. The molecule has 1 N–H and O–H groups in total. The number of nitrogens with one attached hydrogen (secondary N) is 1. The number of aryl methyl sites for hydroxylation is 1. The van der Waals surface area contributed by atoms with Gasteiger partial charge in [-0.2, -0.15) is 0 Å². The van der Waals surface area contributed by atoms with Gasteiger partial charge >= 0.3 is 0 Å². The molecule has 116 valence electrons. The number of hydrogen-bond acceptors (Lipinski definition) is 3. The lowest BCUT2D eigenvalue weighted by atomic mass is 10.1. The SMILES string of the molecule is Cl.Cn1ccc(C(=O)N2CCNCc3ccccc32)cc1=O. The van der Waals surface area contributed by atoms with Gasteiger partial charge in [-0.3, -0.25) is 9.59 Å². The van der Waals surface area contributed by atoms with Gasteiger partial charge in [-0.1, -0.05) is 18.2 Å². The van der Waals surface area contributed by atoms with Crippen LogP contribution in [0.1, 0.15) is 15.9 Å². The normalized spacial score (nSPS) is 13.8. The van der Waals surface area contributed by atoms with Crippen LogP contribution in [0.2, 0.25) is 0 Å². The maximum Gasteiger partial charge on any atom is 0.258 e. The van der Waals surface area contributed by atoms with Crippen molar-refractivity contribution >= 4 is 24.0 Å². The molecule has 1 aliphatic heterocycles. The van der Waals surface area contributed by atoms with Crippen LogP contribution in [-0.2, 0) is 13.6 Å². The molecule has 1 aliphatic rings. The standard InChI is InChI=1S/C16H17N3O2.ClH/c1-18-8-6-12(10-15(18)20)16(21)19-9-7-17-11-13-4-2-3-5-14(13)19;/h2-6,8,10,17H,7,9,11H2,1H3;1H. The summed E-state index contributed by atoms with van der Waals surface area (Å²) in [5.41, 5.74) is 2.25. The van der Waals surface area contributed by atoms with Crippen LogP contribution in [0, 0.1) is 0 Å². The van der Waals surface area contributed by atoms with E-state index in [0.717, 1.165) is 24.3 Å². The van der Waals surface area contributed by atoms with Crippen LogP contribution in [0.3, 0.4) is 0 Å². The smallest absolute Gasteiger partial charge is 0.258 e. The highest BCUT2D eigenvalue weighted by Gasteiger charge is 2.22. The summed E-state index contributed by atoms with van der Waals surface area (Å²) in [5.74, 6) is -0.135. The van der Waals surface area contributed by atoms with E-state index < -0.39 is 0 Å². The predicted molar refractivity (Wildman–Crippen MR) is 88.8 cm³/mol. The minimum atomic E-state index is -0.179. The second-order valence-corrected chi connectivity index (χ2v) is 5.13. The van der Waals surface area contributed by atoms with Crippen molar-refractivity contribution in [3.8, 4) is 0 Å². The lowest BCUT2D eigenvalue weighted by molar-refractivity contribution is 0.0987. The Morgan fingerprint density at radius 3 is 2.77 bits per heavy atom. The first-order valence-electron chi connectivity index (χ1n) is 6.94. The highest BCUT2D eigenvalue weighted by atomic mass is 35.5. The fourth-order valence-electron chi connectivity index (χ4n) is 2.51. The number of carbonyl (C=O) groups excluding carboxylic acids is 1. The van der Waals surface area contributed by atoms with Crippen LogP contribution < -0.4 is 15.8 Å². The third kappa shape index (κ3) is 3.05. The molecule has 0 saturated heterocycles. The molecule has 1 amide bonds. The highest BCUT2D eigenvalue weighted by molar-refractivity contribution is 6.06. The third-order valence-electron chi connectivity index (χ3n) is 3.71. The predicted octanol–water partition coefficient (Wildman–Crippen LogP) is 1.56. The molecule has 6 heteroatoms. The Hall–Kier alpha value is -2.11. The number of benzene rings is 1. The molecule has 0 radical (unpaired) electrons. The fraction of sp³-hybridized carbons (Fsp3) is 0.250. The molecule has 1 aromatic carbocycles.